The van der Waals surface area contributed by atoms with Crippen LogP contribution in [0.4, 0.5) is 0 Å². The lowest BCUT2D eigenvalue weighted by Gasteiger charge is -2.17. The second kappa shape index (κ2) is 3.53. The van der Waals surface area contributed by atoms with Crippen LogP contribution in [0.5, 0.6) is 0 Å². The summed E-state index contributed by atoms with van der Waals surface area (Å²) in [5, 5.41) is 9.28. The van der Waals surface area contributed by atoms with E-state index in [1.165, 1.54) is 0 Å². The number of rotatable bonds is 5. The lowest BCUT2D eigenvalue weighted by atomic mass is 10.1. The molecular formula is C7H16N2O3S. The monoisotopic (exact) mass is 208 g/mol. The molecule has 0 aromatic carbocycles. The van der Waals surface area contributed by atoms with Gasteiger partial charge in [0.1, 0.15) is 0 Å². The second-order valence-corrected chi connectivity index (χ2v) is 5.56. The van der Waals surface area contributed by atoms with Crippen molar-refractivity contribution < 1.29 is 13.5 Å². The number of nitrogens with one attached hydrogen (secondary N) is 2. The van der Waals surface area contributed by atoms with E-state index in [0.29, 0.717) is 0 Å². The number of hydrogen-bond acceptors (Lipinski definition) is 3. The molecule has 13 heavy (non-hydrogen) atoms. The van der Waals surface area contributed by atoms with E-state index in [4.69, 9.17) is 0 Å². The summed E-state index contributed by atoms with van der Waals surface area (Å²) in [6.45, 7) is 3.12. The smallest absolute Gasteiger partial charge is 0.277 e. The molecule has 1 aliphatic carbocycles. The highest BCUT2D eigenvalue weighted by atomic mass is 32.2. The Balaban J connectivity index is 2.33. The first-order valence-electron chi connectivity index (χ1n) is 4.28. The van der Waals surface area contributed by atoms with Crippen molar-refractivity contribution in [3.63, 3.8) is 0 Å². The van der Waals surface area contributed by atoms with Crippen molar-refractivity contribution >= 4 is 10.2 Å². The Morgan fingerprint density at radius 2 is 2.00 bits per heavy atom. The fourth-order valence-corrected chi connectivity index (χ4v) is 2.04. The Morgan fingerprint density at radius 1 is 1.46 bits per heavy atom. The van der Waals surface area contributed by atoms with Gasteiger partial charge in [0.15, 0.2) is 0 Å². The molecule has 5 nitrogen and oxygen atoms in total. The van der Waals surface area contributed by atoms with Crippen molar-refractivity contribution in [2.75, 3.05) is 6.54 Å². The maximum Gasteiger partial charge on any atom is 0.277 e. The molecule has 0 atom stereocenters. The van der Waals surface area contributed by atoms with Gasteiger partial charge in [0.2, 0.25) is 0 Å². The Labute approximate surface area is 78.7 Å². The summed E-state index contributed by atoms with van der Waals surface area (Å²) in [7, 11) is -3.41. The lowest BCUT2D eigenvalue weighted by Crippen LogP contribution is -2.44. The van der Waals surface area contributed by atoms with Crippen LogP contribution in [0.1, 0.15) is 26.7 Å². The molecule has 1 rings (SSSR count). The van der Waals surface area contributed by atoms with Gasteiger partial charge in [-0.1, -0.05) is 0 Å². The Hall–Kier alpha value is -0.170. The van der Waals surface area contributed by atoms with Crippen molar-refractivity contribution in [1.29, 1.82) is 0 Å². The highest BCUT2D eigenvalue weighted by molar-refractivity contribution is 7.87. The molecule has 0 aromatic heterocycles. The molecule has 0 amide bonds. The standard InChI is InChI=1S/C7H16N2O3S/c1-7(2,10)5-8-13(11,12)9-6-3-4-6/h6,8-10H,3-5H2,1-2H3. The van der Waals surface area contributed by atoms with E-state index < -0.39 is 15.8 Å². The quantitative estimate of drug-likeness (QED) is 0.561. The van der Waals surface area contributed by atoms with Crippen molar-refractivity contribution in [3.8, 4) is 0 Å². The molecule has 0 spiro atoms. The molecule has 0 aromatic rings. The largest absolute Gasteiger partial charge is 0.389 e. The molecule has 0 saturated heterocycles. The zero-order valence-electron chi connectivity index (χ0n) is 7.87. The van der Waals surface area contributed by atoms with Gasteiger partial charge in [0.25, 0.3) is 10.2 Å². The van der Waals surface area contributed by atoms with Crippen LogP contribution < -0.4 is 9.44 Å². The highest BCUT2D eigenvalue weighted by Crippen LogP contribution is 2.19. The second-order valence-electron chi connectivity index (χ2n) is 4.03. The topological polar surface area (TPSA) is 78.4 Å². The minimum Gasteiger partial charge on any atom is -0.389 e. The van der Waals surface area contributed by atoms with E-state index in [1.54, 1.807) is 13.8 Å². The summed E-state index contributed by atoms with van der Waals surface area (Å²) >= 11 is 0. The highest BCUT2D eigenvalue weighted by Gasteiger charge is 2.27. The molecule has 1 aliphatic rings. The third kappa shape index (κ3) is 5.20. The van der Waals surface area contributed by atoms with E-state index in [2.05, 4.69) is 9.44 Å². The SMILES string of the molecule is CC(C)(O)CNS(=O)(=O)NC1CC1. The van der Waals surface area contributed by atoms with Crippen molar-refractivity contribution in [3.05, 3.63) is 0 Å². The minimum absolute atomic E-state index is 0.0229. The molecule has 0 aliphatic heterocycles. The van der Waals surface area contributed by atoms with Gasteiger partial charge in [0, 0.05) is 12.6 Å². The Bertz CT molecular complexity index is 264. The first-order valence-corrected chi connectivity index (χ1v) is 5.76. The van der Waals surface area contributed by atoms with Crippen LogP contribution in [0.25, 0.3) is 0 Å². The summed E-state index contributed by atoms with van der Waals surface area (Å²) in [4.78, 5) is 0. The molecule has 0 unspecified atom stereocenters. The summed E-state index contributed by atoms with van der Waals surface area (Å²) in [5.41, 5.74) is -1.02. The van der Waals surface area contributed by atoms with Gasteiger partial charge in [-0.05, 0) is 26.7 Å². The summed E-state index contributed by atoms with van der Waals surface area (Å²) in [5.74, 6) is 0. The first kappa shape index (κ1) is 10.9. The minimum atomic E-state index is -3.41. The molecule has 0 heterocycles. The van der Waals surface area contributed by atoms with Gasteiger partial charge in [-0.3, -0.25) is 0 Å². The van der Waals surface area contributed by atoms with Gasteiger partial charge in [-0.25, -0.2) is 0 Å². The van der Waals surface area contributed by atoms with E-state index in [0.717, 1.165) is 12.8 Å². The van der Waals surface area contributed by atoms with E-state index in [-0.39, 0.29) is 12.6 Å². The van der Waals surface area contributed by atoms with Crippen LogP contribution in [0.3, 0.4) is 0 Å². The molecule has 0 bridgehead atoms. The van der Waals surface area contributed by atoms with Crippen LogP contribution in [-0.4, -0.2) is 31.7 Å². The average Bonchev–Trinajstić information content (AvgIpc) is 2.66. The maximum absolute atomic E-state index is 11.2. The number of aliphatic hydroxyl groups is 1. The molecule has 0 radical (unpaired) electrons. The average molecular weight is 208 g/mol. The van der Waals surface area contributed by atoms with E-state index >= 15 is 0 Å². The predicted octanol–water partition coefficient (Wildman–Crippen LogP) is -0.656. The molecule has 78 valence electrons. The van der Waals surface area contributed by atoms with E-state index in [1.807, 2.05) is 0 Å². The first-order chi connectivity index (χ1) is 5.79. The molecule has 1 fully saturated rings. The normalized spacial score (nSPS) is 19.0. The molecule has 1 saturated carbocycles. The summed E-state index contributed by atoms with van der Waals surface area (Å²) < 4.78 is 27.1. The Kier molecular flexibility index (Phi) is 2.96. The summed E-state index contributed by atoms with van der Waals surface area (Å²) in [6, 6.07) is 0.0966. The fourth-order valence-electron chi connectivity index (χ4n) is 0.734. The van der Waals surface area contributed by atoms with Crippen molar-refractivity contribution in [2.45, 2.75) is 38.3 Å². The maximum atomic E-state index is 11.2. The van der Waals surface area contributed by atoms with Gasteiger partial charge in [0.05, 0.1) is 5.60 Å². The van der Waals surface area contributed by atoms with Crippen LogP contribution >= 0.6 is 0 Å². The summed E-state index contributed by atoms with van der Waals surface area (Å²) in [6.07, 6.45) is 1.81. The fraction of sp³-hybridized carbons (Fsp3) is 1.00. The van der Waals surface area contributed by atoms with Crippen LogP contribution in [0, 0.1) is 0 Å². The van der Waals surface area contributed by atoms with Crippen molar-refractivity contribution in [1.82, 2.24) is 9.44 Å². The Morgan fingerprint density at radius 3 is 2.38 bits per heavy atom. The van der Waals surface area contributed by atoms with Gasteiger partial charge in [-0.2, -0.15) is 17.9 Å². The van der Waals surface area contributed by atoms with Gasteiger partial charge < -0.3 is 5.11 Å². The van der Waals surface area contributed by atoms with E-state index in [9.17, 15) is 13.5 Å². The number of hydrogen-bond donors (Lipinski definition) is 3. The third-order valence-electron chi connectivity index (χ3n) is 1.59. The van der Waals surface area contributed by atoms with Gasteiger partial charge >= 0.3 is 0 Å². The van der Waals surface area contributed by atoms with Crippen LogP contribution in [-0.2, 0) is 10.2 Å². The van der Waals surface area contributed by atoms with Gasteiger partial charge in [-0.15, -0.1) is 0 Å². The molecular weight excluding hydrogens is 192 g/mol. The van der Waals surface area contributed by atoms with Crippen molar-refractivity contribution in [2.24, 2.45) is 0 Å². The zero-order chi connectivity index (χ0) is 10.1. The lowest BCUT2D eigenvalue weighted by molar-refractivity contribution is 0.0856. The van der Waals surface area contributed by atoms with Crippen LogP contribution in [0.15, 0.2) is 0 Å². The third-order valence-corrected chi connectivity index (χ3v) is 2.76. The zero-order valence-corrected chi connectivity index (χ0v) is 8.69. The van der Waals surface area contributed by atoms with Crippen LogP contribution in [0.2, 0.25) is 0 Å². The molecule has 3 N–H and O–H groups in total. The molecule has 6 heteroatoms. The predicted molar refractivity (Wildman–Crippen MR) is 49.4 cm³/mol.